The van der Waals surface area contributed by atoms with Gasteiger partial charge >= 0.3 is 0 Å². The molecule has 1 amide bonds. The van der Waals surface area contributed by atoms with Crippen LogP contribution in [0.3, 0.4) is 0 Å². The summed E-state index contributed by atoms with van der Waals surface area (Å²) in [6, 6.07) is 0. The molecule has 0 aliphatic heterocycles. The van der Waals surface area contributed by atoms with Crippen molar-refractivity contribution in [3.8, 4) is 5.88 Å². The number of hydrogen-bond acceptors (Lipinski definition) is 6. The average molecular weight is 295 g/mol. The van der Waals surface area contributed by atoms with Crippen molar-refractivity contribution < 1.29 is 13.9 Å². The predicted octanol–water partition coefficient (Wildman–Crippen LogP) is 2.90. The molecule has 2 heterocycles. The standard InChI is InChI=1S/C13H17N3O3S/c1-7(2)5-10-14-8(3)11(19-10)12(17)15-9-6-20-16-13(9)18-4/h6-7H,5H2,1-4H3,(H,15,17). The van der Waals surface area contributed by atoms with E-state index in [4.69, 9.17) is 9.15 Å². The molecule has 0 saturated carbocycles. The highest BCUT2D eigenvalue weighted by Gasteiger charge is 2.20. The smallest absolute Gasteiger partial charge is 0.293 e. The van der Waals surface area contributed by atoms with E-state index >= 15 is 0 Å². The van der Waals surface area contributed by atoms with Crippen LogP contribution in [0.1, 0.15) is 36.0 Å². The lowest BCUT2D eigenvalue weighted by atomic mass is 10.1. The van der Waals surface area contributed by atoms with Gasteiger partial charge in [-0.05, 0) is 24.4 Å². The predicted molar refractivity (Wildman–Crippen MR) is 76.4 cm³/mol. The number of rotatable bonds is 5. The molecule has 2 rings (SSSR count). The number of ether oxygens (including phenoxy) is 1. The number of aryl methyl sites for hydroxylation is 1. The summed E-state index contributed by atoms with van der Waals surface area (Å²) >= 11 is 1.21. The number of amides is 1. The maximum Gasteiger partial charge on any atom is 0.293 e. The fourth-order valence-corrected chi connectivity index (χ4v) is 2.32. The molecule has 6 nitrogen and oxygen atoms in total. The van der Waals surface area contributed by atoms with Crippen molar-refractivity contribution in [3.05, 3.63) is 22.7 Å². The minimum absolute atomic E-state index is 0.230. The molecular formula is C13H17N3O3S. The first-order valence-corrected chi connectivity index (χ1v) is 7.11. The second-order valence-electron chi connectivity index (χ2n) is 4.81. The molecule has 0 bridgehead atoms. The van der Waals surface area contributed by atoms with Crippen molar-refractivity contribution in [1.82, 2.24) is 9.36 Å². The number of carbonyl (C=O) groups is 1. The third kappa shape index (κ3) is 3.16. The van der Waals surface area contributed by atoms with Crippen molar-refractivity contribution in [2.24, 2.45) is 5.92 Å². The van der Waals surface area contributed by atoms with Gasteiger partial charge in [0.2, 0.25) is 11.6 Å². The molecule has 0 atom stereocenters. The van der Waals surface area contributed by atoms with Gasteiger partial charge in [0, 0.05) is 11.8 Å². The van der Waals surface area contributed by atoms with Gasteiger partial charge in [-0.25, -0.2) is 4.98 Å². The molecule has 0 fully saturated rings. The zero-order valence-electron chi connectivity index (χ0n) is 11.9. The van der Waals surface area contributed by atoms with Gasteiger partial charge in [0.05, 0.1) is 12.8 Å². The van der Waals surface area contributed by atoms with Crippen LogP contribution in [-0.2, 0) is 6.42 Å². The topological polar surface area (TPSA) is 77.2 Å². The summed E-state index contributed by atoms with van der Waals surface area (Å²) in [6.07, 6.45) is 0.706. The van der Waals surface area contributed by atoms with Crippen molar-refractivity contribution in [3.63, 3.8) is 0 Å². The molecule has 20 heavy (non-hydrogen) atoms. The Morgan fingerprint density at radius 3 is 2.95 bits per heavy atom. The van der Waals surface area contributed by atoms with Crippen LogP contribution in [0, 0.1) is 12.8 Å². The number of methoxy groups -OCH3 is 1. The normalized spacial score (nSPS) is 10.8. The third-order valence-corrected chi connectivity index (χ3v) is 3.22. The maximum atomic E-state index is 12.2. The molecule has 108 valence electrons. The maximum absolute atomic E-state index is 12.2. The molecule has 0 spiro atoms. The van der Waals surface area contributed by atoms with Crippen molar-refractivity contribution in [2.75, 3.05) is 12.4 Å². The molecule has 0 radical (unpaired) electrons. The number of hydrogen-bond donors (Lipinski definition) is 1. The Morgan fingerprint density at radius 2 is 2.30 bits per heavy atom. The van der Waals surface area contributed by atoms with Crippen LogP contribution < -0.4 is 10.1 Å². The Labute approximate surface area is 121 Å². The van der Waals surface area contributed by atoms with E-state index in [1.165, 1.54) is 18.6 Å². The first kappa shape index (κ1) is 14.5. The Hall–Kier alpha value is -1.89. The van der Waals surface area contributed by atoms with Gasteiger partial charge in [-0.3, -0.25) is 4.79 Å². The first-order chi connectivity index (χ1) is 9.51. The third-order valence-electron chi connectivity index (χ3n) is 2.61. The summed E-state index contributed by atoms with van der Waals surface area (Å²) in [5.41, 5.74) is 1.11. The van der Waals surface area contributed by atoms with Crippen LogP contribution in [0.4, 0.5) is 5.69 Å². The van der Waals surface area contributed by atoms with Gasteiger partial charge in [0.1, 0.15) is 5.69 Å². The lowest BCUT2D eigenvalue weighted by Crippen LogP contribution is -2.12. The van der Waals surface area contributed by atoms with Crippen LogP contribution in [0.15, 0.2) is 9.80 Å². The summed E-state index contributed by atoms with van der Waals surface area (Å²) in [4.78, 5) is 16.4. The minimum atomic E-state index is -0.344. The zero-order valence-corrected chi connectivity index (χ0v) is 12.7. The number of nitrogens with one attached hydrogen (secondary N) is 1. The summed E-state index contributed by atoms with van der Waals surface area (Å²) < 4.78 is 14.6. The molecule has 0 aromatic carbocycles. The number of aromatic nitrogens is 2. The van der Waals surface area contributed by atoms with Gasteiger partial charge in [-0.1, -0.05) is 13.8 Å². The molecule has 0 aliphatic rings. The van der Waals surface area contributed by atoms with E-state index in [0.717, 1.165) is 0 Å². The van der Waals surface area contributed by atoms with Crippen LogP contribution >= 0.6 is 11.5 Å². The van der Waals surface area contributed by atoms with Gasteiger partial charge in [0.15, 0.2) is 5.89 Å². The van der Waals surface area contributed by atoms with Crippen LogP contribution in [0.2, 0.25) is 0 Å². The molecule has 0 aliphatic carbocycles. The van der Waals surface area contributed by atoms with Gasteiger partial charge in [-0.2, -0.15) is 4.37 Å². The molecule has 0 saturated heterocycles. The quantitative estimate of drug-likeness (QED) is 0.917. The van der Waals surface area contributed by atoms with Gasteiger partial charge in [-0.15, -0.1) is 0 Å². The SMILES string of the molecule is COc1nscc1NC(=O)c1oc(CC(C)C)nc1C. The van der Waals surface area contributed by atoms with Crippen LogP contribution in [0.25, 0.3) is 0 Å². The number of oxazole rings is 1. The average Bonchev–Trinajstić information content (AvgIpc) is 2.95. The van der Waals surface area contributed by atoms with Crippen molar-refractivity contribution >= 4 is 23.1 Å². The second-order valence-corrected chi connectivity index (χ2v) is 5.44. The largest absolute Gasteiger partial charge is 0.479 e. The van der Waals surface area contributed by atoms with Gasteiger partial charge < -0.3 is 14.5 Å². The summed E-state index contributed by atoms with van der Waals surface area (Å²) in [5.74, 6) is 1.28. The fourth-order valence-electron chi connectivity index (χ4n) is 1.74. The van der Waals surface area contributed by atoms with E-state index in [2.05, 4.69) is 28.5 Å². The van der Waals surface area contributed by atoms with E-state index < -0.39 is 0 Å². The number of carbonyl (C=O) groups excluding carboxylic acids is 1. The van der Waals surface area contributed by atoms with Crippen LogP contribution in [0.5, 0.6) is 5.88 Å². The van der Waals surface area contributed by atoms with Crippen LogP contribution in [-0.4, -0.2) is 22.4 Å². The molecule has 2 aromatic heterocycles. The number of nitrogens with zero attached hydrogens (tertiary/aromatic N) is 2. The summed E-state index contributed by atoms with van der Waals surface area (Å²) in [5, 5.41) is 4.42. The van der Waals surface area contributed by atoms with E-state index in [9.17, 15) is 4.79 Å². The second kappa shape index (κ2) is 6.04. The first-order valence-electron chi connectivity index (χ1n) is 6.27. The van der Waals surface area contributed by atoms with Crippen molar-refractivity contribution in [1.29, 1.82) is 0 Å². The van der Waals surface area contributed by atoms with E-state index in [1.807, 2.05) is 0 Å². The number of anilines is 1. The molecular weight excluding hydrogens is 278 g/mol. The highest BCUT2D eigenvalue weighted by Crippen LogP contribution is 2.25. The molecule has 2 aromatic rings. The highest BCUT2D eigenvalue weighted by atomic mass is 32.1. The van der Waals surface area contributed by atoms with E-state index in [0.29, 0.717) is 35.5 Å². The van der Waals surface area contributed by atoms with E-state index in [-0.39, 0.29) is 11.7 Å². The minimum Gasteiger partial charge on any atom is -0.479 e. The lowest BCUT2D eigenvalue weighted by Gasteiger charge is -2.02. The lowest BCUT2D eigenvalue weighted by molar-refractivity contribution is 0.0993. The molecule has 7 heteroatoms. The fraction of sp³-hybridized carbons (Fsp3) is 0.462. The monoisotopic (exact) mass is 295 g/mol. The Bertz CT molecular complexity index is 604. The van der Waals surface area contributed by atoms with Crippen molar-refractivity contribution in [2.45, 2.75) is 27.2 Å². The summed E-state index contributed by atoms with van der Waals surface area (Å²) in [7, 11) is 1.51. The summed E-state index contributed by atoms with van der Waals surface area (Å²) in [6.45, 7) is 5.90. The Morgan fingerprint density at radius 1 is 1.55 bits per heavy atom. The highest BCUT2D eigenvalue weighted by molar-refractivity contribution is 7.04. The Kier molecular flexibility index (Phi) is 4.39. The Balaban J connectivity index is 2.15. The van der Waals surface area contributed by atoms with Gasteiger partial charge in [0.25, 0.3) is 5.91 Å². The zero-order chi connectivity index (χ0) is 14.7. The van der Waals surface area contributed by atoms with E-state index in [1.54, 1.807) is 12.3 Å². The molecule has 1 N–H and O–H groups in total. The molecule has 0 unspecified atom stereocenters.